The van der Waals surface area contributed by atoms with Crippen molar-refractivity contribution in [2.24, 2.45) is 5.92 Å². The Balaban J connectivity index is 1.71. The fourth-order valence-electron chi connectivity index (χ4n) is 3.75. The van der Waals surface area contributed by atoms with Crippen molar-refractivity contribution in [3.8, 4) is 0 Å². The van der Waals surface area contributed by atoms with E-state index in [0.29, 0.717) is 26.2 Å². The van der Waals surface area contributed by atoms with Crippen LogP contribution in [-0.2, 0) is 20.7 Å². The van der Waals surface area contributed by atoms with E-state index in [1.165, 1.54) is 4.90 Å². The molecule has 8 nitrogen and oxygen atoms in total. The van der Waals surface area contributed by atoms with Crippen LogP contribution in [0.1, 0.15) is 26.3 Å². The van der Waals surface area contributed by atoms with E-state index in [-0.39, 0.29) is 30.6 Å². The van der Waals surface area contributed by atoms with E-state index < -0.39 is 18.4 Å². The fourth-order valence-corrected chi connectivity index (χ4v) is 3.75. The summed E-state index contributed by atoms with van der Waals surface area (Å²) in [6.07, 6.45) is -0.575. The number of hydrogen-bond acceptors (Lipinski definition) is 5. The molecule has 0 saturated carbocycles. The predicted molar refractivity (Wildman–Crippen MR) is 107 cm³/mol. The van der Waals surface area contributed by atoms with Gasteiger partial charge < -0.3 is 29.7 Å². The third-order valence-electron chi connectivity index (χ3n) is 5.52. The van der Waals surface area contributed by atoms with E-state index in [4.69, 9.17) is 9.47 Å². The molecule has 2 N–H and O–H groups in total. The van der Waals surface area contributed by atoms with E-state index in [1.807, 2.05) is 51.1 Å². The van der Waals surface area contributed by atoms with Crippen molar-refractivity contribution < 1.29 is 24.2 Å². The van der Waals surface area contributed by atoms with Crippen LogP contribution in [0.25, 0.3) is 0 Å². The molecule has 3 rings (SSSR count). The zero-order valence-electron chi connectivity index (χ0n) is 17.3. The first-order chi connectivity index (χ1) is 13.9. The molecule has 2 fully saturated rings. The molecule has 0 spiro atoms. The van der Waals surface area contributed by atoms with Crippen LogP contribution in [0, 0.1) is 5.92 Å². The lowest BCUT2D eigenvalue weighted by molar-refractivity contribution is -0.136. The summed E-state index contributed by atoms with van der Waals surface area (Å²) in [4.78, 5) is 29.3. The van der Waals surface area contributed by atoms with Gasteiger partial charge in [-0.15, -0.1) is 0 Å². The van der Waals surface area contributed by atoms with Crippen molar-refractivity contribution in [1.29, 1.82) is 0 Å². The lowest BCUT2D eigenvalue weighted by atomic mass is 10.00. The maximum absolute atomic E-state index is 13.3. The number of aliphatic hydroxyl groups excluding tert-OH is 1. The topological polar surface area (TPSA) is 91.3 Å². The molecule has 1 aromatic carbocycles. The van der Waals surface area contributed by atoms with Crippen molar-refractivity contribution in [3.05, 3.63) is 35.9 Å². The molecule has 4 unspecified atom stereocenters. The van der Waals surface area contributed by atoms with Gasteiger partial charge in [-0.05, 0) is 24.8 Å². The highest BCUT2D eigenvalue weighted by atomic mass is 16.6. The summed E-state index contributed by atoms with van der Waals surface area (Å²) in [6, 6.07) is 8.15. The highest BCUT2D eigenvalue weighted by molar-refractivity contribution is 5.87. The molecule has 0 aliphatic carbocycles. The third kappa shape index (κ3) is 5.07. The first kappa shape index (κ1) is 21.5. The number of hydrogen-bond donors (Lipinski definition) is 2. The summed E-state index contributed by atoms with van der Waals surface area (Å²) in [5.74, 6) is -0.357. The standard InChI is InChI=1S/C21H31N3O5/c1-14(2)18(22-21(27)23-9-10-28-12-15(23)3)19(25)24-13-29-20(26)17(24)11-16-7-5-4-6-8-16/h4-8,14-15,17-18,20,26H,9-13H2,1-3H3,(H,22,27). The number of nitrogens with one attached hydrogen (secondary N) is 1. The largest absolute Gasteiger partial charge is 0.377 e. The Bertz CT molecular complexity index is 699. The molecule has 29 heavy (non-hydrogen) atoms. The Hall–Kier alpha value is -2.16. The smallest absolute Gasteiger partial charge is 0.318 e. The molecule has 2 aliphatic rings. The van der Waals surface area contributed by atoms with Gasteiger partial charge in [-0.3, -0.25) is 4.79 Å². The minimum atomic E-state index is -1.05. The molecular formula is C21H31N3O5. The second-order valence-corrected chi connectivity index (χ2v) is 8.04. The van der Waals surface area contributed by atoms with Gasteiger partial charge in [-0.25, -0.2) is 4.79 Å². The number of urea groups is 1. The van der Waals surface area contributed by atoms with Crippen LogP contribution in [0.2, 0.25) is 0 Å². The summed E-state index contributed by atoms with van der Waals surface area (Å²) in [7, 11) is 0. The molecule has 2 heterocycles. The molecule has 1 aromatic rings. The number of rotatable bonds is 5. The van der Waals surface area contributed by atoms with Crippen molar-refractivity contribution in [2.45, 2.75) is 51.6 Å². The number of carbonyl (C=O) groups excluding carboxylic acids is 2. The lowest BCUT2D eigenvalue weighted by Crippen LogP contribution is -2.58. The molecule has 3 amide bonds. The van der Waals surface area contributed by atoms with Gasteiger partial charge in [0.05, 0.1) is 25.3 Å². The number of ether oxygens (including phenoxy) is 2. The summed E-state index contributed by atoms with van der Waals surface area (Å²) in [5, 5.41) is 13.2. The first-order valence-electron chi connectivity index (χ1n) is 10.2. The number of aliphatic hydroxyl groups is 1. The molecule has 0 bridgehead atoms. The number of morpholine rings is 1. The maximum atomic E-state index is 13.3. The number of amides is 3. The van der Waals surface area contributed by atoms with Gasteiger partial charge in [0.15, 0.2) is 6.29 Å². The Kier molecular flexibility index (Phi) is 7.10. The second kappa shape index (κ2) is 9.56. The van der Waals surface area contributed by atoms with E-state index in [1.54, 1.807) is 4.90 Å². The molecule has 160 valence electrons. The minimum Gasteiger partial charge on any atom is -0.377 e. The minimum absolute atomic E-state index is 0.00451. The number of benzene rings is 1. The van der Waals surface area contributed by atoms with E-state index in [9.17, 15) is 14.7 Å². The number of carbonyl (C=O) groups is 2. The van der Waals surface area contributed by atoms with Gasteiger partial charge in [0.1, 0.15) is 12.8 Å². The van der Waals surface area contributed by atoms with Gasteiger partial charge in [-0.2, -0.15) is 0 Å². The van der Waals surface area contributed by atoms with E-state index in [0.717, 1.165) is 5.56 Å². The van der Waals surface area contributed by atoms with Crippen LogP contribution >= 0.6 is 0 Å². The fraction of sp³-hybridized carbons (Fsp3) is 0.619. The lowest BCUT2D eigenvalue weighted by Gasteiger charge is -2.36. The second-order valence-electron chi connectivity index (χ2n) is 8.04. The van der Waals surface area contributed by atoms with Crippen molar-refractivity contribution in [2.75, 3.05) is 26.5 Å². The zero-order valence-corrected chi connectivity index (χ0v) is 17.3. The van der Waals surface area contributed by atoms with Gasteiger partial charge in [0.25, 0.3) is 0 Å². The average Bonchev–Trinajstić information content (AvgIpc) is 3.06. The first-order valence-corrected chi connectivity index (χ1v) is 10.2. The number of nitrogens with zero attached hydrogens (tertiary/aromatic N) is 2. The maximum Gasteiger partial charge on any atom is 0.318 e. The summed E-state index contributed by atoms with van der Waals surface area (Å²) < 4.78 is 10.7. The van der Waals surface area contributed by atoms with Crippen LogP contribution in [0.3, 0.4) is 0 Å². The van der Waals surface area contributed by atoms with E-state index >= 15 is 0 Å². The molecule has 0 radical (unpaired) electrons. The Morgan fingerprint density at radius 1 is 1.24 bits per heavy atom. The SMILES string of the molecule is CC(C)C(NC(=O)N1CCOCC1C)C(=O)N1COC(O)C1Cc1ccccc1. The summed E-state index contributed by atoms with van der Waals surface area (Å²) in [6.45, 7) is 7.18. The highest BCUT2D eigenvalue weighted by Gasteiger charge is 2.41. The van der Waals surface area contributed by atoms with Crippen LogP contribution in [-0.4, -0.2) is 77.7 Å². The predicted octanol–water partition coefficient (Wildman–Crippen LogP) is 1.19. The normalized spacial score (nSPS) is 25.9. The Labute approximate surface area is 171 Å². The summed E-state index contributed by atoms with van der Waals surface area (Å²) in [5.41, 5.74) is 1.01. The molecule has 0 aromatic heterocycles. The zero-order chi connectivity index (χ0) is 21.0. The van der Waals surface area contributed by atoms with Crippen molar-refractivity contribution >= 4 is 11.9 Å². The molecular weight excluding hydrogens is 374 g/mol. The van der Waals surface area contributed by atoms with Crippen LogP contribution in [0.4, 0.5) is 4.79 Å². The van der Waals surface area contributed by atoms with Crippen molar-refractivity contribution in [3.63, 3.8) is 0 Å². The Morgan fingerprint density at radius 3 is 2.62 bits per heavy atom. The Morgan fingerprint density at radius 2 is 1.97 bits per heavy atom. The van der Waals surface area contributed by atoms with Gasteiger partial charge >= 0.3 is 6.03 Å². The monoisotopic (exact) mass is 405 g/mol. The molecule has 2 aliphatic heterocycles. The van der Waals surface area contributed by atoms with Crippen LogP contribution in [0.15, 0.2) is 30.3 Å². The summed E-state index contributed by atoms with van der Waals surface area (Å²) >= 11 is 0. The van der Waals surface area contributed by atoms with E-state index in [2.05, 4.69) is 5.32 Å². The third-order valence-corrected chi connectivity index (χ3v) is 5.52. The quantitative estimate of drug-likeness (QED) is 0.768. The molecule has 8 heteroatoms. The highest BCUT2D eigenvalue weighted by Crippen LogP contribution is 2.22. The van der Waals surface area contributed by atoms with Crippen LogP contribution in [0.5, 0.6) is 0 Å². The average molecular weight is 405 g/mol. The van der Waals surface area contributed by atoms with Gasteiger partial charge in [-0.1, -0.05) is 44.2 Å². The molecule has 4 atom stereocenters. The van der Waals surface area contributed by atoms with Gasteiger partial charge in [0, 0.05) is 6.54 Å². The van der Waals surface area contributed by atoms with Gasteiger partial charge in [0.2, 0.25) is 5.91 Å². The van der Waals surface area contributed by atoms with Crippen molar-refractivity contribution in [1.82, 2.24) is 15.1 Å². The van der Waals surface area contributed by atoms with Crippen LogP contribution < -0.4 is 5.32 Å². The molecule has 2 saturated heterocycles.